The molecule has 0 rings (SSSR count). The summed E-state index contributed by atoms with van der Waals surface area (Å²) >= 11 is 3.03. The maximum Gasteiger partial charge on any atom is 0.307 e. The number of halogens is 1. The molecule has 0 aliphatic heterocycles. The van der Waals surface area contributed by atoms with Crippen molar-refractivity contribution >= 4 is 27.8 Å². The van der Waals surface area contributed by atoms with Gasteiger partial charge in [0.25, 0.3) is 0 Å². The van der Waals surface area contributed by atoms with Crippen molar-refractivity contribution < 1.29 is 14.3 Å². The highest BCUT2D eigenvalue weighted by Crippen LogP contribution is 1.92. The van der Waals surface area contributed by atoms with Crippen molar-refractivity contribution in [3.63, 3.8) is 0 Å². The lowest BCUT2D eigenvalue weighted by Gasteiger charge is -2.14. The van der Waals surface area contributed by atoms with Crippen molar-refractivity contribution in [2.75, 3.05) is 26.0 Å². The van der Waals surface area contributed by atoms with E-state index < -0.39 is 0 Å². The van der Waals surface area contributed by atoms with Crippen LogP contribution in [0.5, 0.6) is 0 Å². The van der Waals surface area contributed by atoms with E-state index >= 15 is 0 Å². The number of esters is 1. The molecular formula is C8H15BrN2O3. The van der Waals surface area contributed by atoms with Crippen LogP contribution < -0.4 is 10.6 Å². The van der Waals surface area contributed by atoms with Gasteiger partial charge < -0.3 is 15.4 Å². The molecule has 0 aliphatic rings. The predicted octanol–water partition coefficient (Wildman–Crippen LogP) is -0.351. The molecule has 1 amide bonds. The Bertz CT molecular complexity index is 199. The Morgan fingerprint density at radius 2 is 2.14 bits per heavy atom. The first-order valence-corrected chi connectivity index (χ1v) is 5.33. The van der Waals surface area contributed by atoms with Crippen LogP contribution >= 0.6 is 15.9 Å². The number of ether oxygens (including phenoxy) is 1. The third kappa shape index (κ3) is 5.93. The molecule has 6 heteroatoms. The summed E-state index contributed by atoms with van der Waals surface area (Å²) in [5, 5.41) is 5.84. The van der Waals surface area contributed by atoms with Crippen LogP contribution in [0, 0.1) is 0 Å². The molecule has 0 aromatic carbocycles. The molecule has 82 valence electrons. The quantitative estimate of drug-likeness (QED) is 0.510. The highest BCUT2D eigenvalue weighted by atomic mass is 79.9. The zero-order valence-corrected chi connectivity index (χ0v) is 9.89. The maximum atomic E-state index is 10.9. The summed E-state index contributed by atoms with van der Waals surface area (Å²) in [6.45, 7) is 0.413. The van der Waals surface area contributed by atoms with E-state index in [0.29, 0.717) is 6.54 Å². The first-order valence-electron chi connectivity index (χ1n) is 4.20. The van der Waals surface area contributed by atoms with E-state index in [-0.39, 0.29) is 29.7 Å². The second-order valence-electron chi connectivity index (χ2n) is 2.70. The van der Waals surface area contributed by atoms with Crippen LogP contribution in [0.2, 0.25) is 0 Å². The van der Waals surface area contributed by atoms with Gasteiger partial charge in [0.05, 0.1) is 18.9 Å². The van der Waals surface area contributed by atoms with Crippen molar-refractivity contribution in [3.8, 4) is 0 Å². The van der Waals surface area contributed by atoms with Gasteiger partial charge in [0.15, 0.2) is 0 Å². The summed E-state index contributed by atoms with van der Waals surface area (Å²) in [6, 6.07) is -0.0922. The minimum absolute atomic E-state index is 0.0922. The number of carbonyl (C=O) groups excluding carboxylic acids is 2. The minimum Gasteiger partial charge on any atom is -0.469 e. The molecule has 0 fully saturated rings. The van der Waals surface area contributed by atoms with Crippen molar-refractivity contribution in [2.45, 2.75) is 12.5 Å². The number of hydrogen-bond acceptors (Lipinski definition) is 4. The Hall–Kier alpha value is -0.620. The average Bonchev–Trinajstić information content (AvgIpc) is 2.22. The summed E-state index contributed by atoms with van der Waals surface area (Å²) < 4.78 is 4.51. The molecule has 14 heavy (non-hydrogen) atoms. The standard InChI is InChI=1S/C8H15BrN2O3/c1-10-6(3-8(13)14-2)5-11-7(12)4-9/h6,10H,3-5H2,1-2H3,(H,11,12)/t6-/m1/s1. The molecule has 2 N–H and O–H groups in total. The molecule has 1 atom stereocenters. The molecule has 0 saturated carbocycles. The van der Waals surface area contributed by atoms with Crippen molar-refractivity contribution in [2.24, 2.45) is 0 Å². The van der Waals surface area contributed by atoms with Crippen LogP contribution in [0.25, 0.3) is 0 Å². The molecule has 5 nitrogen and oxygen atoms in total. The Morgan fingerprint density at radius 3 is 2.57 bits per heavy atom. The van der Waals surface area contributed by atoms with E-state index in [0.717, 1.165) is 0 Å². The van der Waals surface area contributed by atoms with Gasteiger partial charge in [-0.2, -0.15) is 0 Å². The van der Waals surface area contributed by atoms with Crippen LogP contribution in [-0.4, -0.2) is 44.0 Å². The fourth-order valence-electron chi connectivity index (χ4n) is 0.845. The van der Waals surface area contributed by atoms with Crippen LogP contribution in [0.1, 0.15) is 6.42 Å². The normalized spacial score (nSPS) is 11.9. The lowest BCUT2D eigenvalue weighted by molar-refractivity contribution is -0.141. The SMILES string of the molecule is CN[C@@H](CNC(=O)CBr)CC(=O)OC. The van der Waals surface area contributed by atoms with Gasteiger partial charge in [0.2, 0.25) is 5.91 Å². The lowest BCUT2D eigenvalue weighted by atomic mass is 10.2. The molecule has 0 aliphatic carbocycles. The third-order valence-electron chi connectivity index (χ3n) is 1.72. The first-order chi connectivity index (χ1) is 6.63. The molecule has 0 bridgehead atoms. The van der Waals surface area contributed by atoms with Crippen LogP contribution in [0.15, 0.2) is 0 Å². The number of carbonyl (C=O) groups is 2. The summed E-state index contributed by atoms with van der Waals surface area (Å²) in [5.74, 6) is -0.396. The first kappa shape index (κ1) is 13.4. The summed E-state index contributed by atoms with van der Waals surface area (Å²) in [5.41, 5.74) is 0. The van der Waals surface area contributed by atoms with Gasteiger partial charge in [0.1, 0.15) is 0 Å². The number of rotatable bonds is 6. The molecule has 0 aromatic rings. The van der Waals surface area contributed by atoms with Crippen LogP contribution in [0.3, 0.4) is 0 Å². The Morgan fingerprint density at radius 1 is 1.50 bits per heavy atom. The lowest BCUT2D eigenvalue weighted by Crippen LogP contribution is -2.41. The number of likely N-dealkylation sites (N-methyl/N-ethyl adjacent to an activating group) is 1. The minimum atomic E-state index is -0.294. The van der Waals surface area contributed by atoms with Crippen molar-refractivity contribution in [1.82, 2.24) is 10.6 Å². The van der Waals surface area contributed by atoms with E-state index in [1.165, 1.54) is 7.11 Å². The third-order valence-corrected chi connectivity index (χ3v) is 2.23. The van der Waals surface area contributed by atoms with Gasteiger partial charge in [-0.3, -0.25) is 9.59 Å². The van der Waals surface area contributed by atoms with Crippen molar-refractivity contribution in [3.05, 3.63) is 0 Å². The Labute approximate surface area is 91.7 Å². The van der Waals surface area contributed by atoms with E-state index in [1.54, 1.807) is 7.05 Å². The fourth-order valence-corrected chi connectivity index (χ4v) is 1.04. The second kappa shape index (κ2) is 7.75. The number of alkyl halides is 1. The molecule has 0 spiro atoms. The van der Waals surface area contributed by atoms with Gasteiger partial charge in [-0.15, -0.1) is 0 Å². The van der Waals surface area contributed by atoms with E-state index in [9.17, 15) is 9.59 Å². The van der Waals surface area contributed by atoms with Gasteiger partial charge in [0, 0.05) is 12.6 Å². The largest absolute Gasteiger partial charge is 0.469 e. The van der Waals surface area contributed by atoms with E-state index in [4.69, 9.17) is 0 Å². The molecule has 0 heterocycles. The molecule has 0 saturated heterocycles. The topological polar surface area (TPSA) is 67.4 Å². The van der Waals surface area contributed by atoms with Gasteiger partial charge in [-0.25, -0.2) is 0 Å². The van der Waals surface area contributed by atoms with Crippen LogP contribution in [-0.2, 0) is 14.3 Å². The Kier molecular flexibility index (Phi) is 7.41. The van der Waals surface area contributed by atoms with E-state index in [1.807, 2.05) is 0 Å². The monoisotopic (exact) mass is 266 g/mol. The van der Waals surface area contributed by atoms with Crippen LogP contribution in [0.4, 0.5) is 0 Å². The zero-order valence-electron chi connectivity index (χ0n) is 8.30. The molecule has 0 unspecified atom stereocenters. The summed E-state index contributed by atoms with van der Waals surface area (Å²) in [4.78, 5) is 21.8. The smallest absolute Gasteiger partial charge is 0.307 e. The van der Waals surface area contributed by atoms with Gasteiger partial charge in [-0.05, 0) is 7.05 Å². The van der Waals surface area contributed by atoms with Gasteiger partial charge in [-0.1, -0.05) is 15.9 Å². The number of methoxy groups -OCH3 is 1. The Balaban J connectivity index is 3.79. The maximum absolute atomic E-state index is 10.9. The number of amides is 1. The summed E-state index contributed by atoms with van der Waals surface area (Å²) in [7, 11) is 3.07. The molecule has 0 radical (unpaired) electrons. The summed E-state index contributed by atoms with van der Waals surface area (Å²) in [6.07, 6.45) is 0.246. The average molecular weight is 267 g/mol. The highest BCUT2D eigenvalue weighted by molar-refractivity contribution is 9.09. The highest BCUT2D eigenvalue weighted by Gasteiger charge is 2.12. The number of nitrogens with one attached hydrogen (secondary N) is 2. The zero-order chi connectivity index (χ0) is 11.0. The second-order valence-corrected chi connectivity index (χ2v) is 3.26. The number of hydrogen-bond donors (Lipinski definition) is 2. The molecule has 0 aromatic heterocycles. The van der Waals surface area contributed by atoms with Crippen molar-refractivity contribution in [1.29, 1.82) is 0 Å². The van der Waals surface area contributed by atoms with Gasteiger partial charge >= 0.3 is 5.97 Å². The van der Waals surface area contributed by atoms with E-state index in [2.05, 4.69) is 31.3 Å². The fraction of sp³-hybridized carbons (Fsp3) is 0.750. The predicted molar refractivity (Wildman–Crippen MR) is 56.3 cm³/mol. The molecular weight excluding hydrogens is 252 g/mol.